The molecule has 0 unspecified atom stereocenters. The fraction of sp³-hybridized carbons (Fsp3) is 0.429. The third-order valence-electron chi connectivity index (χ3n) is 6.35. The number of hydrogen-bond acceptors (Lipinski definition) is 17. The molecule has 0 atom stereocenters. The van der Waals surface area contributed by atoms with E-state index in [0.29, 0.717) is 0 Å². The lowest BCUT2D eigenvalue weighted by Gasteiger charge is -2.17. The summed E-state index contributed by atoms with van der Waals surface area (Å²) in [4.78, 5) is 74.9. The van der Waals surface area contributed by atoms with Crippen LogP contribution in [0, 0.1) is 0 Å². The molecule has 3 aromatic rings. The normalized spacial score (nSPS) is 10.5. The van der Waals surface area contributed by atoms with Crippen molar-refractivity contribution in [2.24, 2.45) is 0 Å². The number of rotatable bonds is 21. The van der Waals surface area contributed by atoms with E-state index in [1.165, 1.54) is 30.3 Å². The standard InChI is InChI=1S/C35H40O17/c1-6-42-27(36)16-47-22-14-25(50-19-30(39)45-9-4)32-26(15-22)52-34(35(33(32)41)51-20-31(40)46-10-5)21-11-12-23(48-17-28(37)43-7-2)24(13-21)49-18-29(38)44-8-3/h11-15H,6-10,16-20H2,1-5H3. The van der Waals surface area contributed by atoms with E-state index in [2.05, 4.69) is 0 Å². The molecule has 17 nitrogen and oxygen atoms in total. The Morgan fingerprint density at radius 3 is 1.46 bits per heavy atom. The molecule has 52 heavy (non-hydrogen) atoms. The Labute approximate surface area is 297 Å². The van der Waals surface area contributed by atoms with Crippen molar-refractivity contribution in [2.75, 3.05) is 66.1 Å². The number of hydrogen-bond donors (Lipinski definition) is 0. The topological polar surface area (TPSA) is 208 Å². The number of carbonyl (C=O) groups excluding carboxylic acids is 5. The van der Waals surface area contributed by atoms with Crippen molar-refractivity contribution in [1.82, 2.24) is 0 Å². The van der Waals surface area contributed by atoms with E-state index in [0.717, 1.165) is 0 Å². The summed E-state index contributed by atoms with van der Waals surface area (Å²) < 4.78 is 59.0. The zero-order valence-corrected chi connectivity index (χ0v) is 29.4. The molecule has 0 amide bonds. The number of esters is 5. The fourth-order valence-corrected chi connectivity index (χ4v) is 4.34. The molecule has 0 radical (unpaired) electrons. The molecular formula is C35H40O17. The first-order valence-corrected chi connectivity index (χ1v) is 16.3. The molecule has 3 rings (SSSR count). The Morgan fingerprint density at radius 2 is 0.962 bits per heavy atom. The number of carbonyl (C=O) groups is 5. The lowest BCUT2D eigenvalue weighted by Crippen LogP contribution is -2.20. The van der Waals surface area contributed by atoms with E-state index in [4.69, 9.17) is 51.8 Å². The van der Waals surface area contributed by atoms with E-state index in [1.54, 1.807) is 34.6 Å². The van der Waals surface area contributed by atoms with E-state index in [1.807, 2.05) is 0 Å². The zero-order chi connectivity index (χ0) is 38.0. The SMILES string of the molecule is CCOC(=O)COc1cc(OCC(=O)OCC)c2c(=O)c(OCC(=O)OCC)c(-c3ccc(OCC(=O)OCC)c(OCC(=O)OCC)c3)oc2c1. The first-order valence-electron chi connectivity index (χ1n) is 16.3. The minimum absolute atomic E-state index is 0.00474. The number of ether oxygens (including phenoxy) is 10. The van der Waals surface area contributed by atoms with Gasteiger partial charge in [-0.1, -0.05) is 0 Å². The van der Waals surface area contributed by atoms with Crippen LogP contribution in [0.5, 0.6) is 28.7 Å². The summed E-state index contributed by atoms with van der Waals surface area (Å²) in [6.45, 7) is 5.62. The van der Waals surface area contributed by atoms with Gasteiger partial charge < -0.3 is 51.8 Å². The van der Waals surface area contributed by atoms with Crippen LogP contribution in [0.15, 0.2) is 39.5 Å². The van der Waals surface area contributed by atoms with Gasteiger partial charge in [0, 0.05) is 17.7 Å². The fourth-order valence-electron chi connectivity index (χ4n) is 4.34. The molecule has 17 heteroatoms. The van der Waals surface area contributed by atoms with Crippen LogP contribution in [-0.4, -0.2) is 95.9 Å². The van der Waals surface area contributed by atoms with Crippen LogP contribution in [0.2, 0.25) is 0 Å². The Morgan fingerprint density at radius 1 is 0.519 bits per heavy atom. The Hall–Kier alpha value is -6.00. The van der Waals surface area contributed by atoms with E-state index >= 15 is 0 Å². The Bertz CT molecular complexity index is 1780. The molecule has 0 N–H and O–H groups in total. The average molecular weight is 733 g/mol. The van der Waals surface area contributed by atoms with Gasteiger partial charge in [-0.05, 0) is 52.8 Å². The highest BCUT2D eigenvalue weighted by Gasteiger charge is 2.25. The van der Waals surface area contributed by atoms with Crippen LogP contribution in [0.3, 0.4) is 0 Å². The second kappa shape index (κ2) is 20.6. The van der Waals surface area contributed by atoms with Gasteiger partial charge in [-0.3, -0.25) is 4.79 Å². The van der Waals surface area contributed by atoms with Gasteiger partial charge in [0.15, 0.2) is 50.3 Å². The third-order valence-corrected chi connectivity index (χ3v) is 6.35. The lowest BCUT2D eigenvalue weighted by atomic mass is 10.1. The smallest absolute Gasteiger partial charge is 0.344 e. The monoisotopic (exact) mass is 732 g/mol. The van der Waals surface area contributed by atoms with Crippen LogP contribution in [0.4, 0.5) is 0 Å². The van der Waals surface area contributed by atoms with Crippen molar-refractivity contribution in [1.29, 1.82) is 0 Å². The van der Waals surface area contributed by atoms with Crippen LogP contribution in [-0.2, 0) is 47.7 Å². The minimum Gasteiger partial charge on any atom is -0.482 e. The van der Waals surface area contributed by atoms with Gasteiger partial charge in [0.05, 0.1) is 33.0 Å². The van der Waals surface area contributed by atoms with Gasteiger partial charge in [-0.2, -0.15) is 0 Å². The summed E-state index contributed by atoms with van der Waals surface area (Å²) in [5.41, 5.74) is -0.875. The highest BCUT2D eigenvalue weighted by molar-refractivity contribution is 5.89. The van der Waals surface area contributed by atoms with Crippen LogP contribution in [0.1, 0.15) is 34.6 Å². The molecular weight excluding hydrogens is 692 g/mol. The van der Waals surface area contributed by atoms with Gasteiger partial charge in [-0.25, -0.2) is 24.0 Å². The maximum absolute atomic E-state index is 14.2. The van der Waals surface area contributed by atoms with Crippen LogP contribution >= 0.6 is 0 Å². The van der Waals surface area contributed by atoms with Crippen molar-refractivity contribution in [3.8, 4) is 40.1 Å². The molecule has 0 saturated heterocycles. The summed E-state index contributed by atoms with van der Waals surface area (Å²) in [5.74, 6) is -4.56. The minimum atomic E-state index is -0.840. The first-order chi connectivity index (χ1) is 25.0. The van der Waals surface area contributed by atoms with Crippen molar-refractivity contribution in [3.05, 3.63) is 40.6 Å². The van der Waals surface area contributed by atoms with Crippen molar-refractivity contribution < 1.29 is 75.8 Å². The van der Waals surface area contributed by atoms with Gasteiger partial charge in [0.1, 0.15) is 22.5 Å². The second-order valence-electron chi connectivity index (χ2n) is 10.0. The quantitative estimate of drug-likeness (QED) is 0.114. The molecule has 0 saturated carbocycles. The maximum atomic E-state index is 14.2. The van der Waals surface area contributed by atoms with Crippen LogP contribution in [0.25, 0.3) is 22.3 Å². The summed E-state index contributed by atoms with van der Waals surface area (Å²) in [7, 11) is 0. The predicted octanol–water partition coefficient (Wildman–Crippen LogP) is 3.17. The van der Waals surface area contributed by atoms with Crippen molar-refractivity contribution in [2.45, 2.75) is 34.6 Å². The summed E-state index contributed by atoms with van der Waals surface area (Å²) in [6, 6.07) is 6.68. The number of benzene rings is 2. The van der Waals surface area contributed by atoms with Gasteiger partial charge in [-0.15, -0.1) is 0 Å². The maximum Gasteiger partial charge on any atom is 0.344 e. The molecule has 2 aromatic carbocycles. The predicted molar refractivity (Wildman–Crippen MR) is 179 cm³/mol. The molecule has 0 aliphatic carbocycles. The van der Waals surface area contributed by atoms with Gasteiger partial charge in [0.25, 0.3) is 0 Å². The van der Waals surface area contributed by atoms with E-state index < -0.39 is 74.1 Å². The van der Waals surface area contributed by atoms with Crippen molar-refractivity contribution in [3.63, 3.8) is 0 Å². The Kier molecular flexibility index (Phi) is 16.0. The largest absolute Gasteiger partial charge is 0.482 e. The second-order valence-corrected chi connectivity index (χ2v) is 10.0. The number of fused-ring (bicyclic) bond motifs is 1. The highest BCUT2D eigenvalue weighted by atomic mass is 16.6. The van der Waals surface area contributed by atoms with Crippen molar-refractivity contribution >= 4 is 40.8 Å². The molecule has 0 bridgehead atoms. The molecule has 0 aliphatic heterocycles. The first kappa shape index (κ1) is 40.4. The Balaban J connectivity index is 2.24. The average Bonchev–Trinajstić information content (AvgIpc) is 3.11. The molecule has 282 valence electrons. The highest BCUT2D eigenvalue weighted by Crippen LogP contribution is 2.40. The summed E-state index contributed by atoms with van der Waals surface area (Å²) >= 11 is 0. The molecule has 1 heterocycles. The van der Waals surface area contributed by atoms with Crippen LogP contribution < -0.4 is 29.1 Å². The molecule has 1 aromatic heterocycles. The molecule has 0 spiro atoms. The van der Waals surface area contributed by atoms with Gasteiger partial charge in [0.2, 0.25) is 11.2 Å². The molecule has 0 fully saturated rings. The zero-order valence-electron chi connectivity index (χ0n) is 29.4. The summed E-state index contributed by atoms with van der Waals surface area (Å²) in [6.07, 6.45) is 0. The molecule has 0 aliphatic rings. The van der Waals surface area contributed by atoms with E-state index in [-0.39, 0.29) is 78.3 Å². The third kappa shape index (κ3) is 11.8. The van der Waals surface area contributed by atoms with Gasteiger partial charge >= 0.3 is 29.8 Å². The van der Waals surface area contributed by atoms with E-state index in [9.17, 15) is 28.8 Å². The summed E-state index contributed by atoms with van der Waals surface area (Å²) in [5, 5.41) is -0.219. The lowest BCUT2D eigenvalue weighted by molar-refractivity contribution is -0.146.